The Bertz CT molecular complexity index is 192. The van der Waals surface area contributed by atoms with Gasteiger partial charge in [0.1, 0.15) is 5.78 Å². The first-order chi connectivity index (χ1) is 5.57. The average molecular weight is 170 g/mol. The molecular formula is C9H14O3. The van der Waals surface area contributed by atoms with Gasteiger partial charge >= 0.3 is 5.97 Å². The minimum Gasteiger partial charge on any atom is -0.466 e. The summed E-state index contributed by atoms with van der Waals surface area (Å²) in [7, 11) is 1.30. The minimum atomic E-state index is -0.424. The molecule has 0 amide bonds. The van der Waals surface area contributed by atoms with E-state index in [2.05, 4.69) is 4.74 Å². The van der Waals surface area contributed by atoms with E-state index >= 15 is 0 Å². The molecule has 0 aromatic carbocycles. The van der Waals surface area contributed by atoms with Gasteiger partial charge in [0, 0.05) is 18.4 Å². The molecule has 12 heavy (non-hydrogen) atoms. The predicted molar refractivity (Wildman–Crippen MR) is 45.6 cm³/mol. The van der Waals surface area contributed by atoms with Crippen molar-refractivity contribution in [1.82, 2.24) is 0 Å². The third kappa shape index (κ3) is 4.66. The third-order valence-corrected chi connectivity index (χ3v) is 1.42. The molecule has 0 radical (unpaired) electrons. The summed E-state index contributed by atoms with van der Waals surface area (Å²) in [6.45, 7) is 3.66. The van der Waals surface area contributed by atoms with Gasteiger partial charge in [-0.25, -0.2) is 4.79 Å². The van der Waals surface area contributed by atoms with Crippen molar-refractivity contribution < 1.29 is 14.3 Å². The lowest BCUT2D eigenvalue weighted by Gasteiger charge is -1.98. The van der Waals surface area contributed by atoms with Gasteiger partial charge in [-0.2, -0.15) is 0 Å². The van der Waals surface area contributed by atoms with Crippen LogP contribution in [-0.4, -0.2) is 18.9 Å². The van der Waals surface area contributed by atoms with Crippen molar-refractivity contribution in [3.05, 3.63) is 12.2 Å². The number of allylic oxidation sites excluding steroid dienone is 1. The fourth-order valence-electron chi connectivity index (χ4n) is 0.575. The topological polar surface area (TPSA) is 43.4 Å². The van der Waals surface area contributed by atoms with Crippen molar-refractivity contribution >= 4 is 11.8 Å². The van der Waals surface area contributed by atoms with Crippen LogP contribution >= 0.6 is 0 Å². The Kier molecular flexibility index (Phi) is 5.00. The van der Waals surface area contributed by atoms with Crippen molar-refractivity contribution in [2.75, 3.05) is 7.11 Å². The maximum atomic E-state index is 11.0. The maximum Gasteiger partial charge on any atom is 0.330 e. The highest BCUT2D eigenvalue weighted by molar-refractivity contribution is 5.85. The van der Waals surface area contributed by atoms with Gasteiger partial charge in [-0.05, 0) is 0 Å². The van der Waals surface area contributed by atoms with E-state index < -0.39 is 5.97 Å². The number of carbonyl (C=O) groups excluding carboxylic acids is 2. The lowest BCUT2D eigenvalue weighted by molar-refractivity contribution is -0.134. The summed E-state index contributed by atoms with van der Waals surface area (Å²) in [5, 5.41) is 0. The molecule has 0 aliphatic carbocycles. The summed E-state index contributed by atoms with van der Waals surface area (Å²) in [6.07, 6.45) is 3.08. The quantitative estimate of drug-likeness (QED) is 0.472. The fraction of sp³-hybridized carbons (Fsp3) is 0.556. The second-order valence-corrected chi connectivity index (χ2v) is 2.75. The molecule has 3 nitrogen and oxygen atoms in total. The van der Waals surface area contributed by atoms with E-state index in [-0.39, 0.29) is 11.7 Å². The zero-order valence-corrected chi connectivity index (χ0v) is 7.66. The second kappa shape index (κ2) is 5.52. The Balaban J connectivity index is 3.75. The van der Waals surface area contributed by atoms with Crippen LogP contribution in [0.1, 0.15) is 20.3 Å². The van der Waals surface area contributed by atoms with Crippen molar-refractivity contribution in [2.45, 2.75) is 20.3 Å². The Morgan fingerprint density at radius 1 is 1.42 bits per heavy atom. The van der Waals surface area contributed by atoms with Crippen LogP contribution in [0.3, 0.4) is 0 Å². The summed E-state index contributed by atoms with van der Waals surface area (Å²) in [5.74, 6) is -0.283. The zero-order valence-electron chi connectivity index (χ0n) is 7.66. The van der Waals surface area contributed by atoms with E-state index in [1.54, 1.807) is 0 Å². The number of esters is 1. The van der Waals surface area contributed by atoms with Gasteiger partial charge in [-0.15, -0.1) is 0 Å². The number of methoxy groups -OCH3 is 1. The number of rotatable bonds is 4. The van der Waals surface area contributed by atoms with Crippen LogP contribution in [0.25, 0.3) is 0 Å². The molecule has 0 saturated carbocycles. The molecule has 0 heterocycles. The van der Waals surface area contributed by atoms with E-state index in [4.69, 9.17) is 0 Å². The molecule has 0 atom stereocenters. The van der Waals surface area contributed by atoms with Gasteiger partial charge < -0.3 is 4.74 Å². The maximum absolute atomic E-state index is 11.0. The third-order valence-electron chi connectivity index (χ3n) is 1.42. The van der Waals surface area contributed by atoms with Crippen molar-refractivity contribution in [3.8, 4) is 0 Å². The van der Waals surface area contributed by atoms with Gasteiger partial charge in [0.05, 0.1) is 7.11 Å². The average Bonchev–Trinajstić information content (AvgIpc) is 2.03. The molecule has 3 heteroatoms. The highest BCUT2D eigenvalue weighted by Gasteiger charge is 2.03. The van der Waals surface area contributed by atoms with Crippen LogP contribution in [-0.2, 0) is 14.3 Å². The number of Topliss-reactive ketones (excluding diaryl/α,β-unsaturated/α-hetero) is 1. The van der Waals surface area contributed by atoms with Crippen LogP contribution in [0.15, 0.2) is 12.2 Å². The summed E-state index contributed by atoms with van der Waals surface area (Å²) < 4.78 is 4.36. The van der Waals surface area contributed by atoms with Gasteiger partial charge in [-0.3, -0.25) is 4.79 Å². The van der Waals surface area contributed by atoms with E-state index in [1.807, 2.05) is 13.8 Å². The molecule has 0 rings (SSSR count). The Labute approximate surface area is 72.4 Å². The minimum absolute atomic E-state index is 0.0206. The van der Waals surface area contributed by atoms with Gasteiger partial charge in [0.15, 0.2) is 0 Å². The lowest BCUT2D eigenvalue weighted by Crippen LogP contribution is -2.05. The largest absolute Gasteiger partial charge is 0.466 e. The standard InChI is InChI=1S/C9H14O3/c1-7(2)8(10)5-4-6-9(11)12-3/h4,6-7H,5H2,1-3H3/b6-4+. The Hall–Kier alpha value is -1.12. The molecule has 0 fully saturated rings. The van der Waals surface area contributed by atoms with E-state index in [1.165, 1.54) is 19.3 Å². The van der Waals surface area contributed by atoms with Crippen LogP contribution in [0.2, 0.25) is 0 Å². The number of hydrogen-bond acceptors (Lipinski definition) is 3. The molecule has 0 aliphatic heterocycles. The van der Waals surface area contributed by atoms with E-state index in [0.29, 0.717) is 6.42 Å². The highest BCUT2D eigenvalue weighted by atomic mass is 16.5. The normalized spacial score (nSPS) is 10.7. The van der Waals surface area contributed by atoms with Crippen LogP contribution < -0.4 is 0 Å². The van der Waals surface area contributed by atoms with E-state index in [9.17, 15) is 9.59 Å². The predicted octanol–water partition coefficient (Wildman–Crippen LogP) is 1.33. The molecule has 0 aromatic rings. The number of ketones is 1. The van der Waals surface area contributed by atoms with E-state index in [0.717, 1.165) is 0 Å². The second-order valence-electron chi connectivity index (χ2n) is 2.75. The molecule has 0 spiro atoms. The molecule has 0 aromatic heterocycles. The number of carbonyl (C=O) groups is 2. The summed E-state index contributed by atoms with van der Waals surface area (Å²) in [5.41, 5.74) is 0. The molecule has 0 saturated heterocycles. The van der Waals surface area contributed by atoms with Crippen molar-refractivity contribution in [2.24, 2.45) is 5.92 Å². The van der Waals surface area contributed by atoms with Crippen LogP contribution in [0, 0.1) is 5.92 Å². The van der Waals surface area contributed by atoms with Crippen molar-refractivity contribution in [1.29, 1.82) is 0 Å². The Morgan fingerprint density at radius 2 is 2.00 bits per heavy atom. The number of hydrogen-bond donors (Lipinski definition) is 0. The molecular weight excluding hydrogens is 156 g/mol. The van der Waals surface area contributed by atoms with Gasteiger partial charge in [0.2, 0.25) is 0 Å². The monoisotopic (exact) mass is 170 g/mol. The summed E-state index contributed by atoms with van der Waals surface area (Å²) in [6, 6.07) is 0. The molecule has 0 bridgehead atoms. The van der Waals surface area contributed by atoms with Crippen LogP contribution in [0.4, 0.5) is 0 Å². The summed E-state index contributed by atoms with van der Waals surface area (Å²) >= 11 is 0. The smallest absolute Gasteiger partial charge is 0.330 e. The summed E-state index contributed by atoms with van der Waals surface area (Å²) in [4.78, 5) is 21.6. The Morgan fingerprint density at radius 3 is 2.42 bits per heavy atom. The first kappa shape index (κ1) is 10.9. The highest BCUT2D eigenvalue weighted by Crippen LogP contribution is 1.99. The van der Waals surface area contributed by atoms with Crippen molar-refractivity contribution in [3.63, 3.8) is 0 Å². The van der Waals surface area contributed by atoms with Crippen LogP contribution in [0.5, 0.6) is 0 Å². The molecule has 68 valence electrons. The first-order valence-electron chi connectivity index (χ1n) is 3.85. The fourth-order valence-corrected chi connectivity index (χ4v) is 0.575. The van der Waals surface area contributed by atoms with Gasteiger partial charge in [-0.1, -0.05) is 19.9 Å². The SMILES string of the molecule is COC(=O)/C=C/CC(=O)C(C)C. The lowest BCUT2D eigenvalue weighted by atomic mass is 10.1. The first-order valence-corrected chi connectivity index (χ1v) is 3.85. The van der Waals surface area contributed by atoms with Gasteiger partial charge in [0.25, 0.3) is 0 Å². The zero-order chi connectivity index (χ0) is 9.56. The number of ether oxygens (including phenoxy) is 1. The molecule has 0 N–H and O–H groups in total. The molecule has 0 unspecified atom stereocenters. The molecule has 0 aliphatic rings.